The van der Waals surface area contributed by atoms with Crippen molar-refractivity contribution in [2.75, 3.05) is 6.54 Å². The molecule has 0 aliphatic heterocycles. The predicted octanol–water partition coefficient (Wildman–Crippen LogP) is 3.74. The molecule has 2 aromatic carbocycles. The van der Waals surface area contributed by atoms with Gasteiger partial charge in [-0.3, -0.25) is 4.79 Å². The highest BCUT2D eigenvalue weighted by Gasteiger charge is 2.12. The van der Waals surface area contributed by atoms with Crippen LogP contribution in [-0.2, 0) is 17.8 Å². The van der Waals surface area contributed by atoms with Crippen molar-refractivity contribution in [1.82, 2.24) is 5.32 Å². The number of benzene rings is 2. The maximum Gasteiger partial charge on any atom is 0.224 e. The summed E-state index contributed by atoms with van der Waals surface area (Å²) in [5.74, 6) is 0.679. The van der Waals surface area contributed by atoms with E-state index in [0.29, 0.717) is 24.6 Å². The Balaban J connectivity index is 0.00000312. The van der Waals surface area contributed by atoms with E-state index in [0.717, 1.165) is 16.9 Å². The number of amides is 1. The Morgan fingerprint density at radius 2 is 1.84 bits per heavy atom. The summed E-state index contributed by atoms with van der Waals surface area (Å²) in [4.78, 5) is 12.0. The molecule has 25 heavy (non-hydrogen) atoms. The lowest BCUT2D eigenvalue weighted by Gasteiger charge is -2.18. The number of carbonyl (C=O) groups is 1. The smallest absolute Gasteiger partial charge is 0.224 e. The van der Waals surface area contributed by atoms with Crippen molar-refractivity contribution in [3.8, 4) is 5.75 Å². The number of carbonyl (C=O) groups excluding carboxylic acids is 1. The molecular formula is C19H24Cl2N2O2. The lowest BCUT2D eigenvalue weighted by Crippen LogP contribution is -2.45. The molecule has 0 aliphatic carbocycles. The fourth-order valence-corrected chi connectivity index (χ4v) is 2.19. The van der Waals surface area contributed by atoms with Crippen LogP contribution in [0.25, 0.3) is 0 Å². The van der Waals surface area contributed by atoms with Gasteiger partial charge < -0.3 is 15.8 Å². The highest BCUT2D eigenvalue weighted by molar-refractivity contribution is 6.30. The van der Waals surface area contributed by atoms with Crippen molar-refractivity contribution in [1.29, 1.82) is 0 Å². The summed E-state index contributed by atoms with van der Waals surface area (Å²) in [7, 11) is 0. The summed E-state index contributed by atoms with van der Waals surface area (Å²) in [5.41, 5.74) is 7.38. The zero-order valence-corrected chi connectivity index (χ0v) is 16.0. The molecule has 0 saturated carbocycles. The minimum Gasteiger partial charge on any atom is -0.489 e. The SMILES string of the molecule is CC(C)(N)CNC(=O)Cc1cccc(OCc2ccc(Cl)cc2)c1.Cl. The van der Waals surface area contributed by atoms with Gasteiger partial charge in [0.05, 0.1) is 6.42 Å². The van der Waals surface area contributed by atoms with Gasteiger partial charge in [-0.2, -0.15) is 0 Å². The molecule has 0 atom stereocenters. The molecule has 2 rings (SSSR count). The van der Waals surface area contributed by atoms with E-state index in [1.165, 1.54) is 0 Å². The third kappa shape index (κ3) is 8.25. The second-order valence-corrected chi connectivity index (χ2v) is 6.94. The first-order valence-corrected chi connectivity index (χ1v) is 8.21. The van der Waals surface area contributed by atoms with E-state index in [9.17, 15) is 4.79 Å². The van der Waals surface area contributed by atoms with Crippen LogP contribution in [0.15, 0.2) is 48.5 Å². The molecule has 2 aromatic rings. The molecule has 0 saturated heterocycles. The van der Waals surface area contributed by atoms with E-state index >= 15 is 0 Å². The summed E-state index contributed by atoms with van der Waals surface area (Å²) in [6.45, 7) is 4.64. The predicted molar refractivity (Wildman–Crippen MR) is 104 cm³/mol. The third-order valence-electron chi connectivity index (χ3n) is 3.32. The van der Waals surface area contributed by atoms with E-state index < -0.39 is 5.54 Å². The minimum atomic E-state index is -0.417. The average molecular weight is 383 g/mol. The van der Waals surface area contributed by atoms with Crippen LogP contribution in [0.5, 0.6) is 5.75 Å². The fourth-order valence-electron chi connectivity index (χ4n) is 2.07. The van der Waals surface area contributed by atoms with Gasteiger partial charge in [-0.15, -0.1) is 12.4 Å². The van der Waals surface area contributed by atoms with Crippen molar-refractivity contribution in [2.45, 2.75) is 32.4 Å². The molecule has 136 valence electrons. The van der Waals surface area contributed by atoms with Gasteiger partial charge in [0, 0.05) is 17.1 Å². The van der Waals surface area contributed by atoms with Crippen LogP contribution in [-0.4, -0.2) is 18.0 Å². The Labute approximate surface area is 160 Å². The Morgan fingerprint density at radius 3 is 2.48 bits per heavy atom. The van der Waals surface area contributed by atoms with Crippen LogP contribution in [0.2, 0.25) is 5.02 Å². The number of nitrogens with one attached hydrogen (secondary N) is 1. The summed E-state index contributed by atoms with van der Waals surface area (Å²) < 4.78 is 5.77. The number of rotatable bonds is 7. The number of ether oxygens (including phenoxy) is 1. The van der Waals surface area contributed by atoms with Crippen molar-refractivity contribution >= 4 is 29.9 Å². The number of hydrogen-bond acceptors (Lipinski definition) is 3. The zero-order valence-electron chi connectivity index (χ0n) is 14.4. The van der Waals surface area contributed by atoms with Gasteiger partial charge in [0.25, 0.3) is 0 Å². The van der Waals surface area contributed by atoms with E-state index in [2.05, 4.69) is 5.32 Å². The summed E-state index contributed by atoms with van der Waals surface area (Å²) in [6, 6.07) is 15.1. The Kier molecular flexibility index (Phi) is 8.23. The molecule has 4 nitrogen and oxygen atoms in total. The molecule has 0 unspecified atom stereocenters. The number of hydrogen-bond donors (Lipinski definition) is 2. The standard InChI is InChI=1S/C19H23ClN2O2.ClH/c1-19(2,21)13-22-18(23)11-15-4-3-5-17(10-15)24-12-14-6-8-16(20)9-7-14;/h3-10H,11-13,21H2,1-2H3,(H,22,23);1H. The Morgan fingerprint density at radius 1 is 1.16 bits per heavy atom. The van der Waals surface area contributed by atoms with Crippen LogP contribution < -0.4 is 15.8 Å². The van der Waals surface area contributed by atoms with E-state index in [1.807, 2.05) is 62.4 Å². The van der Waals surface area contributed by atoms with Gasteiger partial charge in [0.1, 0.15) is 12.4 Å². The molecule has 3 N–H and O–H groups in total. The molecule has 1 amide bonds. The quantitative estimate of drug-likeness (QED) is 0.766. The molecule has 0 aliphatic rings. The van der Waals surface area contributed by atoms with Gasteiger partial charge in [-0.1, -0.05) is 35.9 Å². The maximum atomic E-state index is 12.0. The molecule has 0 radical (unpaired) electrons. The van der Waals surface area contributed by atoms with E-state index in [1.54, 1.807) is 0 Å². The number of halogens is 2. The second kappa shape index (κ2) is 9.66. The van der Waals surface area contributed by atoms with Gasteiger partial charge in [-0.25, -0.2) is 0 Å². The summed E-state index contributed by atoms with van der Waals surface area (Å²) in [6.07, 6.45) is 0.300. The lowest BCUT2D eigenvalue weighted by atomic mass is 10.1. The van der Waals surface area contributed by atoms with Gasteiger partial charge in [0.15, 0.2) is 0 Å². The normalized spacial score (nSPS) is 10.7. The highest BCUT2D eigenvalue weighted by Crippen LogP contribution is 2.17. The van der Waals surface area contributed by atoms with Crippen LogP contribution in [0, 0.1) is 0 Å². The van der Waals surface area contributed by atoms with Crippen LogP contribution in [0.4, 0.5) is 0 Å². The third-order valence-corrected chi connectivity index (χ3v) is 3.58. The monoisotopic (exact) mass is 382 g/mol. The maximum absolute atomic E-state index is 12.0. The summed E-state index contributed by atoms with van der Waals surface area (Å²) >= 11 is 5.87. The van der Waals surface area contributed by atoms with Gasteiger partial charge >= 0.3 is 0 Å². The molecule has 6 heteroatoms. The molecule has 0 heterocycles. The largest absolute Gasteiger partial charge is 0.489 e. The molecular weight excluding hydrogens is 359 g/mol. The van der Waals surface area contributed by atoms with Crippen LogP contribution >= 0.6 is 24.0 Å². The van der Waals surface area contributed by atoms with Crippen LogP contribution in [0.3, 0.4) is 0 Å². The number of nitrogens with two attached hydrogens (primary N) is 1. The molecule has 0 aromatic heterocycles. The zero-order chi connectivity index (χ0) is 17.6. The Hall–Kier alpha value is -1.75. The van der Waals surface area contributed by atoms with Gasteiger partial charge in [-0.05, 0) is 49.2 Å². The molecule has 0 fully saturated rings. The minimum absolute atomic E-state index is 0. The fraction of sp³-hybridized carbons (Fsp3) is 0.316. The summed E-state index contributed by atoms with van der Waals surface area (Å²) in [5, 5.41) is 3.54. The van der Waals surface area contributed by atoms with Gasteiger partial charge in [0.2, 0.25) is 5.91 Å². The first kappa shape index (κ1) is 21.3. The second-order valence-electron chi connectivity index (χ2n) is 6.50. The van der Waals surface area contributed by atoms with Crippen LogP contribution in [0.1, 0.15) is 25.0 Å². The average Bonchev–Trinajstić information content (AvgIpc) is 2.52. The topological polar surface area (TPSA) is 64.3 Å². The molecule has 0 spiro atoms. The van der Waals surface area contributed by atoms with E-state index in [-0.39, 0.29) is 18.3 Å². The van der Waals surface area contributed by atoms with Crippen molar-refractivity contribution in [3.05, 3.63) is 64.7 Å². The van der Waals surface area contributed by atoms with E-state index in [4.69, 9.17) is 22.1 Å². The lowest BCUT2D eigenvalue weighted by molar-refractivity contribution is -0.120. The highest BCUT2D eigenvalue weighted by atomic mass is 35.5. The van der Waals surface area contributed by atoms with Crippen molar-refractivity contribution < 1.29 is 9.53 Å². The first-order valence-electron chi connectivity index (χ1n) is 7.84. The first-order chi connectivity index (χ1) is 11.3. The Bertz CT molecular complexity index is 683. The van der Waals surface area contributed by atoms with Crippen molar-refractivity contribution in [2.24, 2.45) is 5.73 Å². The molecule has 0 bridgehead atoms. The van der Waals surface area contributed by atoms with Crippen molar-refractivity contribution in [3.63, 3.8) is 0 Å².